The first-order chi connectivity index (χ1) is 7.09. The normalized spacial score (nSPS) is 20.4. The topological polar surface area (TPSA) is 34.9 Å². The molecule has 0 bridgehead atoms. The lowest BCUT2D eigenvalue weighted by molar-refractivity contribution is -0.121. The van der Waals surface area contributed by atoms with Crippen LogP contribution in [0.2, 0.25) is 0 Å². The number of aryl methyl sites for hydroxylation is 1. The van der Waals surface area contributed by atoms with Crippen molar-refractivity contribution >= 4 is 5.78 Å². The second kappa shape index (κ2) is 3.80. The van der Waals surface area contributed by atoms with Crippen molar-refractivity contribution in [3.63, 3.8) is 0 Å². The molecule has 1 aliphatic heterocycles. The van der Waals surface area contributed by atoms with Crippen LogP contribution in [-0.4, -0.2) is 15.3 Å². The second-order valence-electron chi connectivity index (χ2n) is 4.72. The fraction of sp³-hybridized carbons (Fsp3) is 0.667. The smallest absolute Gasteiger partial charge is 0.134 e. The molecule has 15 heavy (non-hydrogen) atoms. The summed E-state index contributed by atoms with van der Waals surface area (Å²) >= 11 is 0. The standard InChI is InChI=1S/C12H18N2O/c1-8(2)12-13-6-11-5-4-10(9(3)15)7-14(11)12/h6,8,10H,4-5,7H2,1-3H3. The number of aromatic nitrogens is 2. The molecule has 0 saturated heterocycles. The SMILES string of the molecule is CC(=O)C1CCc2cnc(C(C)C)n2C1. The zero-order valence-electron chi connectivity index (χ0n) is 9.66. The molecule has 3 heteroatoms. The van der Waals surface area contributed by atoms with Gasteiger partial charge in [0.15, 0.2) is 0 Å². The third kappa shape index (κ3) is 1.83. The van der Waals surface area contributed by atoms with Gasteiger partial charge in [-0.1, -0.05) is 13.8 Å². The Morgan fingerprint density at radius 1 is 1.60 bits per heavy atom. The van der Waals surface area contributed by atoms with Gasteiger partial charge in [0.05, 0.1) is 0 Å². The number of hydrogen-bond donors (Lipinski definition) is 0. The molecule has 82 valence electrons. The zero-order valence-corrected chi connectivity index (χ0v) is 9.66. The zero-order chi connectivity index (χ0) is 11.0. The van der Waals surface area contributed by atoms with Crippen molar-refractivity contribution in [1.29, 1.82) is 0 Å². The molecule has 1 aliphatic rings. The van der Waals surface area contributed by atoms with Crippen LogP contribution in [0.4, 0.5) is 0 Å². The average molecular weight is 206 g/mol. The molecule has 3 nitrogen and oxygen atoms in total. The van der Waals surface area contributed by atoms with Crippen molar-refractivity contribution in [3.05, 3.63) is 17.7 Å². The van der Waals surface area contributed by atoms with E-state index in [1.54, 1.807) is 6.92 Å². The molecule has 0 N–H and O–H groups in total. The van der Waals surface area contributed by atoms with E-state index >= 15 is 0 Å². The van der Waals surface area contributed by atoms with Crippen LogP contribution in [0.1, 0.15) is 44.6 Å². The predicted octanol–water partition coefficient (Wildman–Crippen LogP) is 2.16. The minimum Gasteiger partial charge on any atom is -0.331 e. The Labute approximate surface area is 90.5 Å². The lowest BCUT2D eigenvalue weighted by Gasteiger charge is -2.24. The Morgan fingerprint density at radius 3 is 2.93 bits per heavy atom. The van der Waals surface area contributed by atoms with E-state index in [1.165, 1.54) is 5.69 Å². The van der Waals surface area contributed by atoms with Crippen molar-refractivity contribution in [2.45, 2.75) is 46.1 Å². The quantitative estimate of drug-likeness (QED) is 0.743. The number of fused-ring (bicyclic) bond motifs is 1. The van der Waals surface area contributed by atoms with Gasteiger partial charge in [-0.2, -0.15) is 0 Å². The summed E-state index contributed by atoms with van der Waals surface area (Å²) in [6.07, 6.45) is 3.94. The van der Waals surface area contributed by atoms with Gasteiger partial charge in [-0.25, -0.2) is 4.98 Å². The largest absolute Gasteiger partial charge is 0.331 e. The first-order valence-electron chi connectivity index (χ1n) is 5.64. The van der Waals surface area contributed by atoms with E-state index in [-0.39, 0.29) is 5.92 Å². The van der Waals surface area contributed by atoms with E-state index in [1.807, 2.05) is 6.20 Å². The van der Waals surface area contributed by atoms with Crippen molar-refractivity contribution < 1.29 is 4.79 Å². The van der Waals surface area contributed by atoms with Crippen LogP contribution in [0.5, 0.6) is 0 Å². The van der Waals surface area contributed by atoms with Gasteiger partial charge < -0.3 is 4.57 Å². The highest BCUT2D eigenvalue weighted by molar-refractivity contribution is 5.78. The lowest BCUT2D eigenvalue weighted by Crippen LogP contribution is -2.26. The summed E-state index contributed by atoms with van der Waals surface area (Å²) in [7, 11) is 0. The number of ketones is 1. The number of imidazole rings is 1. The fourth-order valence-electron chi connectivity index (χ4n) is 2.26. The van der Waals surface area contributed by atoms with Crippen LogP contribution >= 0.6 is 0 Å². The van der Waals surface area contributed by atoms with Gasteiger partial charge in [-0.15, -0.1) is 0 Å². The number of hydrogen-bond acceptors (Lipinski definition) is 2. The molecule has 2 heterocycles. The first-order valence-corrected chi connectivity index (χ1v) is 5.64. The Hall–Kier alpha value is -1.12. The van der Waals surface area contributed by atoms with E-state index < -0.39 is 0 Å². The lowest BCUT2D eigenvalue weighted by atomic mass is 9.94. The number of Topliss-reactive ketones (excluding diaryl/α,β-unsaturated/α-hetero) is 1. The van der Waals surface area contributed by atoms with Crippen molar-refractivity contribution in [2.24, 2.45) is 5.92 Å². The molecule has 0 amide bonds. The number of rotatable bonds is 2. The van der Waals surface area contributed by atoms with Crippen LogP contribution in [0.3, 0.4) is 0 Å². The van der Waals surface area contributed by atoms with Gasteiger partial charge in [0.2, 0.25) is 0 Å². The van der Waals surface area contributed by atoms with Crippen LogP contribution in [0.25, 0.3) is 0 Å². The number of carbonyl (C=O) groups excluding carboxylic acids is 1. The van der Waals surface area contributed by atoms with Crippen LogP contribution in [0, 0.1) is 5.92 Å². The molecule has 2 rings (SSSR count). The predicted molar refractivity (Wildman–Crippen MR) is 58.8 cm³/mol. The maximum Gasteiger partial charge on any atom is 0.134 e. The second-order valence-corrected chi connectivity index (χ2v) is 4.72. The van der Waals surface area contributed by atoms with Gasteiger partial charge in [-0.05, 0) is 19.8 Å². The minimum absolute atomic E-state index is 0.198. The van der Waals surface area contributed by atoms with Crippen LogP contribution in [0.15, 0.2) is 6.20 Å². The van der Waals surface area contributed by atoms with Gasteiger partial charge in [0.25, 0.3) is 0 Å². The van der Waals surface area contributed by atoms with Gasteiger partial charge in [0, 0.05) is 30.3 Å². The van der Waals surface area contributed by atoms with E-state index in [9.17, 15) is 4.79 Å². The summed E-state index contributed by atoms with van der Waals surface area (Å²) in [5.41, 5.74) is 1.29. The Kier molecular flexibility index (Phi) is 2.63. The highest BCUT2D eigenvalue weighted by atomic mass is 16.1. The Bertz CT molecular complexity index is 379. The molecule has 0 aliphatic carbocycles. The van der Waals surface area contributed by atoms with Gasteiger partial charge in [-0.3, -0.25) is 4.79 Å². The van der Waals surface area contributed by atoms with Crippen LogP contribution in [-0.2, 0) is 17.8 Å². The van der Waals surface area contributed by atoms with Crippen LogP contribution < -0.4 is 0 Å². The van der Waals surface area contributed by atoms with E-state index in [4.69, 9.17) is 0 Å². The molecule has 0 radical (unpaired) electrons. The molecule has 0 saturated carbocycles. The molecule has 1 unspecified atom stereocenters. The van der Waals surface area contributed by atoms with E-state index in [2.05, 4.69) is 23.4 Å². The molecule has 1 aromatic rings. The molecule has 0 spiro atoms. The Morgan fingerprint density at radius 2 is 2.33 bits per heavy atom. The summed E-state index contributed by atoms with van der Waals surface area (Å²) < 4.78 is 2.24. The highest BCUT2D eigenvalue weighted by Gasteiger charge is 2.24. The van der Waals surface area contributed by atoms with Crippen molar-refractivity contribution in [1.82, 2.24) is 9.55 Å². The van der Waals surface area contributed by atoms with Gasteiger partial charge in [0.1, 0.15) is 11.6 Å². The van der Waals surface area contributed by atoms with E-state index in [0.717, 1.165) is 25.2 Å². The maximum absolute atomic E-state index is 11.4. The van der Waals surface area contributed by atoms with Gasteiger partial charge >= 0.3 is 0 Å². The Balaban J connectivity index is 2.30. The third-order valence-corrected chi connectivity index (χ3v) is 3.21. The molecular formula is C12H18N2O. The van der Waals surface area contributed by atoms with Crippen molar-refractivity contribution in [2.75, 3.05) is 0 Å². The number of carbonyl (C=O) groups is 1. The average Bonchev–Trinajstić information content (AvgIpc) is 2.59. The summed E-state index contributed by atoms with van der Waals surface area (Å²) in [5.74, 6) is 2.06. The summed E-state index contributed by atoms with van der Waals surface area (Å²) in [5, 5.41) is 0. The maximum atomic E-state index is 11.4. The number of nitrogens with zero attached hydrogens (tertiary/aromatic N) is 2. The van der Waals surface area contributed by atoms with E-state index in [0.29, 0.717) is 11.7 Å². The third-order valence-electron chi connectivity index (χ3n) is 3.21. The monoisotopic (exact) mass is 206 g/mol. The molecule has 1 atom stereocenters. The van der Waals surface area contributed by atoms with Crippen molar-refractivity contribution in [3.8, 4) is 0 Å². The molecule has 1 aromatic heterocycles. The first kappa shape index (κ1) is 10.4. The highest BCUT2D eigenvalue weighted by Crippen LogP contribution is 2.25. The molecule has 0 aromatic carbocycles. The fourth-order valence-corrected chi connectivity index (χ4v) is 2.26. The summed E-state index contributed by atoms with van der Waals surface area (Å²) in [4.78, 5) is 15.8. The summed E-state index contributed by atoms with van der Waals surface area (Å²) in [6.45, 7) is 6.82. The molecular weight excluding hydrogens is 188 g/mol. The summed E-state index contributed by atoms with van der Waals surface area (Å²) in [6, 6.07) is 0. The minimum atomic E-state index is 0.198. The molecule has 0 fully saturated rings.